The molecule has 1 spiro atoms. The van der Waals surface area contributed by atoms with E-state index in [4.69, 9.17) is 4.74 Å². The second-order valence-corrected chi connectivity index (χ2v) is 11.0. The van der Waals surface area contributed by atoms with Gasteiger partial charge in [-0.25, -0.2) is 4.98 Å². The Morgan fingerprint density at radius 3 is 2.60 bits per heavy atom. The largest absolute Gasteiger partial charge is 0.481 e. The van der Waals surface area contributed by atoms with E-state index < -0.39 is 5.54 Å². The number of hydrogen-bond acceptors (Lipinski definition) is 7. The minimum absolute atomic E-state index is 0.0399. The summed E-state index contributed by atoms with van der Waals surface area (Å²) in [4.78, 5) is 40.4. The summed E-state index contributed by atoms with van der Waals surface area (Å²) < 4.78 is 5.24. The maximum absolute atomic E-state index is 13.4. The molecule has 1 N–H and O–H groups in total. The van der Waals surface area contributed by atoms with Gasteiger partial charge in [-0.05, 0) is 65.4 Å². The maximum atomic E-state index is 13.4. The number of methoxy groups -OCH3 is 1. The van der Waals surface area contributed by atoms with Crippen LogP contribution in [0.15, 0.2) is 18.2 Å². The third-order valence-corrected chi connectivity index (χ3v) is 8.81. The van der Waals surface area contributed by atoms with Gasteiger partial charge in [0.05, 0.1) is 24.8 Å². The molecule has 1 aromatic rings. The zero-order valence-corrected chi connectivity index (χ0v) is 21.4. The Hall–Kier alpha value is -2.23. The summed E-state index contributed by atoms with van der Waals surface area (Å²) in [6, 6.07) is 6.28. The van der Waals surface area contributed by atoms with Crippen molar-refractivity contribution in [1.82, 2.24) is 29.9 Å². The lowest BCUT2D eigenvalue weighted by molar-refractivity contribution is -0.135. The zero-order valence-electron chi connectivity index (χ0n) is 21.4. The van der Waals surface area contributed by atoms with Crippen LogP contribution in [0, 0.1) is 0 Å². The van der Waals surface area contributed by atoms with E-state index in [-0.39, 0.29) is 23.9 Å². The Bertz CT molecular complexity index is 897. The summed E-state index contributed by atoms with van der Waals surface area (Å²) in [6.07, 6.45) is 5.02. The number of amides is 2. The van der Waals surface area contributed by atoms with Gasteiger partial charge in [0, 0.05) is 44.3 Å². The van der Waals surface area contributed by atoms with Gasteiger partial charge in [-0.2, -0.15) is 0 Å². The molecule has 4 saturated heterocycles. The summed E-state index contributed by atoms with van der Waals surface area (Å²) >= 11 is 0. The van der Waals surface area contributed by atoms with Gasteiger partial charge in [0.2, 0.25) is 17.7 Å². The van der Waals surface area contributed by atoms with Gasteiger partial charge in [-0.3, -0.25) is 19.4 Å². The number of piperidine rings is 2. The third-order valence-electron chi connectivity index (χ3n) is 8.81. The van der Waals surface area contributed by atoms with Crippen LogP contribution >= 0.6 is 0 Å². The number of nitrogens with zero attached hydrogens (tertiary/aromatic N) is 5. The number of likely N-dealkylation sites (N-methyl/N-ethyl adjacent to an activating group) is 1. The third kappa shape index (κ3) is 5.17. The summed E-state index contributed by atoms with van der Waals surface area (Å²) in [7, 11) is 5.99. The minimum atomic E-state index is -0.424. The predicted octanol–water partition coefficient (Wildman–Crippen LogP) is 0.940. The summed E-state index contributed by atoms with van der Waals surface area (Å²) in [5, 5.41) is 3.35. The summed E-state index contributed by atoms with van der Waals surface area (Å²) in [5.74, 6) is 0.798. The molecular weight excluding hydrogens is 444 g/mol. The van der Waals surface area contributed by atoms with Crippen LogP contribution in [0.1, 0.15) is 44.2 Å². The number of ether oxygens (including phenoxy) is 1. The van der Waals surface area contributed by atoms with E-state index in [9.17, 15) is 9.59 Å². The van der Waals surface area contributed by atoms with Crippen molar-refractivity contribution in [3.8, 4) is 5.88 Å². The topological polar surface area (TPSA) is 81.2 Å². The van der Waals surface area contributed by atoms with Crippen molar-refractivity contribution >= 4 is 11.8 Å². The number of hydrogen-bond donors (Lipinski definition) is 1. The summed E-state index contributed by atoms with van der Waals surface area (Å²) in [6.45, 7) is 5.30. The van der Waals surface area contributed by atoms with Crippen LogP contribution in [-0.4, -0.2) is 114 Å². The first-order valence-corrected chi connectivity index (χ1v) is 13.1. The van der Waals surface area contributed by atoms with Gasteiger partial charge in [0.15, 0.2) is 0 Å². The molecule has 2 amide bonds. The fourth-order valence-corrected chi connectivity index (χ4v) is 6.44. The monoisotopic (exact) mass is 484 g/mol. The van der Waals surface area contributed by atoms with Crippen molar-refractivity contribution in [1.29, 1.82) is 0 Å². The van der Waals surface area contributed by atoms with Gasteiger partial charge >= 0.3 is 0 Å². The number of carbonyl (C=O) groups is 2. The van der Waals surface area contributed by atoms with Crippen LogP contribution in [0.3, 0.4) is 0 Å². The van der Waals surface area contributed by atoms with E-state index in [0.29, 0.717) is 24.9 Å². The first kappa shape index (κ1) is 24.5. The van der Waals surface area contributed by atoms with Gasteiger partial charge in [-0.1, -0.05) is 6.07 Å². The van der Waals surface area contributed by atoms with Gasteiger partial charge in [0.25, 0.3) is 0 Å². The Labute approximate surface area is 208 Å². The lowest BCUT2D eigenvalue weighted by Gasteiger charge is -2.41. The first-order valence-electron chi connectivity index (χ1n) is 13.1. The number of rotatable bonds is 5. The van der Waals surface area contributed by atoms with Gasteiger partial charge in [0.1, 0.15) is 6.04 Å². The SMILES string of the molecule is COc1cccc(CN2CCC3(CC2)CC(=O)N2C[C@@H](N(C)C4CCN(C)CC4)C[C@H]2C(=O)N3)n1. The Kier molecular flexibility index (Phi) is 7.01. The number of likely N-dealkylation sites (tertiary alicyclic amines) is 2. The molecule has 0 aliphatic carbocycles. The number of carbonyl (C=O) groups excluding carboxylic acids is 2. The highest BCUT2D eigenvalue weighted by atomic mass is 16.5. The first-order chi connectivity index (χ1) is 16.9. The molecule has 0 saturated carbocycles. The van der Waals surface area contributed by atoms with Crippen molar-refractivity contribution < 1.29 is 14.3 Å². The molecule has 4 aliphatic heterocycles. The van der Waals surface area contributed by atoms with Crippen molar-refractivity contribution in [2.45, 2.75) is 68.7 Å². The molecule has 2 atom stereocenters. The highest BCUT2D eigenvalue weighted by Crippen LogP contribution is 2.34. The second kappa shape index (κ2) is 10.0. The van der Waals surface area contributed by atoms with E-state index in [1.165, 1.54) is 0 Å². The number of pyridine rings is 1. The van der Waals surface area contributed by atoms with Crippen LogP contribution < -0.4 is 10.1 Å². The smallest absolute Gasteiger partial charge is 0.243 e. The van der Waals surface area contributed by atoms with E-state index in [2.05, 4.69) is 39.1 Å². The Morgan fingerprint density at radius 1 is 1.14 bits per heavy atom. The van der Waals surface area contributed by atoms with E-state index in [0.717, 1.165) is 70.5 Å². The molecule has 1 aromatic heterocycles. The van der Waals surface area contributed by atoms with Gasteiger partial charge < -0.3 is 19.9 Å². The molecule has 0 unspecified atom stereocenters. The lowest BCUT2D eigenvalue weighted by Crippen LogP contribution is -2.56. The average molecular weight is 485 g/mol. The molecule has 9 nitrogen and oxygen atoms in total. The minimum Gasteiger partial charge on any atom is -0.481 e. The maximum Gasteiger partial charge on any atom is 0.243 e. The molecule has 192 valence electrons. The normalized spacial score (nSPS) is 28.3. The van der Waals surface area contributed by atoms with Crippen LogP contribution in [-0.2, 0) is 16.1 Å². The van der Waals surface area contributed by atoms with E-state index in [1.807, 2.05) is 23.1 Å². The molecule has 0 radical (unpaired) electrons. The van der Waals surface area contributed by atoms with Crippen LogP contribution in [0.4, 0.5) is 0 Å². The number of fused-ring (bicyclic) bond motifs is 1. The molecular formula is C26H40N6O3. The Morgan fingerprint density at radius 2 is 1.89 bits per heavy atom. The fraction of sp³-hybridized carbons (Fsp3) is 0.731. The quantitative estimate of drug-likeness (QED) is 0.666. The van der Waals surface area contributed by atoms with Crippen molar-refractivity contribution in [2.24, 2.45) is 0 Å². The highest BCUT2D eigenvalue weighted by molar-refractivity contribution is 5.92. The predicted molar refractivity (Wildman–Crippen MR) is 133 cm³/mol. The Balaban J connectivity index is 1.18. The van der Waals surface area contributed by atoms with Crippen molar-refractivity contribution in [3.05, 3.63) is 23.9 Å². The number of nitrogens with one attached hydrogen (secondary N) is 1. The van der Waals surface area contributed by atoms with Gasteiger partial charge in [-0.15, -0.1) is 0 Å². The lowest BCUT2D eigenvalue weighted by atomic mass is 9.84. The zero-order chi connectivity index (χ0) is 24.6. The molecule has 35 heavy (non-hydrogen) atoms. The standard InChI is InChI=1S/C26H40N6O3/c1-29-11-7-20(8-12-29)30(2)21-15-22-25(34)28-26(16-24(33)32(22)18-21)9-13-31(14-10-26)17-19-5-4-6-23(27-19)35-3/h4-6,20-22H,7-18H2,1-3H3,(H,28,34)/t21-,22-/m0/s1. The van der Waals surface area contributed by atoms with E-state index >= 15 is 0 Å². The fourth-order valence-electron chi connectivity index (χ4n) is 6.44. The van der Waals surface area contributed by atoms with Crippen molar-refractivity contribution in [2.75, 3.05) is 53.9 Å². The average Bonchev–Trinajstić information content (AvgIpc) is 3.28. The van der Waals surface area contributed by atoms with E-state index in [1.54, 1.807) is 7.11 Å². The number of aromatic nitrogens is 1. The molecule has 0 aromatic carbocycles. The molecule has 5 heterocycles. The summed E-state index contributed by atoms with van der Waals surface area (Å²) in [5.41, 5.74) is 0.549. The van der Waals surface area contributed by atoms with Crippen LogP contribution in [0.2, 0.25) is 0 Å². The van der Waals surface area contributed by atoms with Crippen LogP contribution in [0.5, 0.6) is 5.88 Å². The molecule has 4 aliphatic rings. The van der Waals surface area contributed by atoms with Crippen molar-refractivity contribution in [3.63, 3.8) is 0 Å². The molecule has 9 heteroatoms. The highest BCUT2D eigenvalue weighted by Gasteiger charge is 2.49. The molecule has 4 fully saturated rings. The van der Waals surface area contributed by atoms with Crippen LogP contribution in [0.25, 0.3) is 0 Å². The molecule has 0 bridgehead atoms. The molecule has 5 rings (SSSR count). The second-order valence-electron chi connectivity index (χ2n) is 11.0.